The quantitative estimate of drug-likeness (QED) is 0.399. The summed E-state index contributed by atoms with van der Waals surface area (Å²) in [7, 11) is -3.35. The van der Waals surface area contributed by atoms with Crippen LogP contribution < -0.4 is 15.4 Å². The number of hydrogen-bond donors (Lipinski definition) is 3. The number of urea groups is 1. The minimum atomic E-state index is -3.35. The summed E-state index contributed by atoms with van der Waals surface area (Å²) in [6, 6.07) is 1.06. The van der Waals surface area contributed by atoms with Gasteiger partial charge in [-0.15, -0.1) is 11.8 Å². The maximum Gasteiger partial charge on any atom is 0.325 e. The number of rotatable bonds is 8. The second-order valence-electron chi connectivity index (χ2n) is 6.90. The molecular formula is C18H23N5O4S3. The molecule has 1 fully saturated rings. The van der Waals surface area contributed by atoms with Gasteiger partial charge in [0.1, 0.15) is 0 Å². The molecule has 162 valence electrons. The van der Waals surface area contributed by atoms with Crippen LogP contribution in [0.1, 0.15) is 41.7 Å². The van der Waals surface area contributed by atoms with E-state index in [1.54, 1.807) is 6.07 Å². The lowest BCUT2D eigenvalue weighted by Crippen LogP contribution is -2.23. The molecule has 2 aromatic rings. The molecule has 2 amide bonds. The van der Waals surface area contributed by atoms with Crippen molar-refractivity contribution < 1.29 is 18.0 Å². The van der Waals surface area contributed by atoms with E-state index >= 15 is 0 Å². The number of Topliss-reactive ketones (excluding diaryl/α,β-unsaturated/α-hetero) is 1. The first kappa shape index (κ1) is 22.7. The molecule has 0 atom stereocenters. The summed E-state index contributed by atoms with van der Waals surface area (Å²) in [5, 5.41) is 5.69. The summed E-state index contributed by atoms with van der Waals surface area (Å²) in [5.41, 5.74) is 1.34. The van der Waals surface area contributed by atoms with Gasteiger partial charge in [-0.1, -0.05) is 24.2 Å². The number of anilines is 2. The Morgan fingerprint density at radius 3 is 2.67 bits per heavy atom. The first-order valence-electron chi connectivity index (χ1n) is 9.31. The lowest BCUT2D eigenvalue weighted by atomic mass is 9.96. The highest BCUT2D eigenvalue weighted by Crippen LogP contribution is 2.32. The highest BCUT2D eigenvalue weighted by atomic mass is 32.2. The van der Waals surface area contributed by atoms with Crippen LogP contribution in [0.5, 0.6) is 0 Å². The standard InChI is InChI=1S/C18H23N5O4S3/c1-28-16-14(10-20-30(2,26)27)22-18(29-16)23-17(25)21-13-7-8-19-9-12(13)15(24)11-5-3-4-6-11/h7-9,11,20H,3-6,10H2,1-2H3,(H2,19,21,22,23,25). The fourth-order valence-corrected chi connectivity index (χ4v) is 5.25. The summed E-state index contributed by atoms with van der Waals surface area (Å²) in [6.07, 6.45) is 9.73. The molecule has 3 N–H and O–H groups in total. The Bertz CT molecular complexity index is 1030. The Labute approximate surface area is 183 Å². The molecule has 12 heteroatoms. The molecule has 2 aromatic heterocycles. The topological polar surface area (TPSA) is 130 Å². The molecule has 0 aliphatic heterocycles. The Kier molecular flexibility index (Phi) is 7.45. The van der Waals surface area contributed by atoms with E-state index in [4.69, 9.17) is 0 Å². The first-order chi connectivity index (χ1) is 14.3. The molecule has 1 saturated carbocycles. The molecule has 1 aliphatic carbocycles. The number of nitrogens with zero attached hydrogens (tertiary/aromatic N) is 2. The molecule has 0 aromatic carbocycles. The maximum absolute atomic E-state index is 12.8. The maximum atomic E-state index is 12.8. The minimum Gasteiger partial charge on any atom is -0.307 e. The second-order valence-corrected chi connectivity index (χ2v) is 10.8. The number of hydrogen-bond acceptors (Lipinski definition) is 8. The Morgan fingerprint density at radius 1 is 1.27 bits per heavy atom. The van der Waals surface area contributed by atoms with Crippen molar-refractivity contribution in [3.05, 3.63) is 29.7 Å². The largest absolute Gasteiger partial charge is 0.325 e. The van der Waals surface area contributed by atoms with Gasteiger partial charge in [-0.05, 0) is 25.2 Å². The molecular weight excluding hydrogens is 446 g/mol. The number of carbonyl (C=O) groups is 2. The SMILES string of the molecule is CSc1sc(NC(=O)Nc2ccncc2C(=O)C2CCCC2)nc1CNS(C)(=O)=O. The van der Waals surface area contributed by atoms with Crippen molar-refractivity contribution in [3.8, 4) is 0 Å². The molecule has 1 aliphatic rings. The summed E-state index contributed by atoms with van der Waals surface area (Å²) >= 11 is 2.66. The van der Waals surface area contributed by atoms with Crippen LogP contribution in [0.3, 0.4) is 0 Å². The van der Waals surface area contributed by atoms with E-state index in [0.717, 1.165) is 36.1 Å². The molecule has 0 saturated heterocycles. The van der Waals surface area contributed by atoms with Crippen molar-refractivity contribution >= 4 is 55.8 Å². The van der Waals surface area contributed by atoms with Gasteiger partial charge in [-0.3, -0.25) is 15.1 Å². The third-order valence-electron chi connectivity index (χ3n) is 4.63. The van der Waals surface area contributed by atoms with Gasteiger partial charge in [-0.25, -0.2) is 22.9 Å². The van der Waals surface area contributed by atoms with Crippen LogP contribution in [0.4, 0.5) is 15.6 Å². The Hall–Kier alpha value is -2.02. The van der Waals surface area contributed by atoms with Crippen LogP contribution in [0.15, 0.2) is 22.7 Å². The smallest absolute Gasteiger partial charge is 0.307 e. The third kappa shape index (κ3) is 6.00. The second kappa shape index (κ2) is 9.86. The van der Waals surface area contributed by atoms with Gasteiger partial charge in [0.25, 0.3) is 0 Å². The van der Waals surface area contributed by atoms with Gasteiger partial charge in [0.05, 0.1) is 34.0 Å². The van der Waals surface area contributed by atoms with E-state index in [2.05, 4.69) is 25.3 Å². The van der Waals surface area contributed by atoms with Crippen LogP contribution in [-0.4, -0.2) is 42.7 Å². The van der Waals surface area contributed by atoms with E-state index in [0.29, 0.717) is 22.1 Å². The number of ketones is 1. The van der Waals surface area contributed by atoms with Gasteiger partial charge < -0.3 is 5.32 Å². The fraction of sp³-hybridized carbons (Fsp3) is 0.444. The van der Waals surface area contributed by atoms with Gasteiger partial charge in [0.15, 0.2) is 10.9 Å². The van der Waals surface area contributed by atoms with Gasteiger partial charge >= 0.3 is 6.03 Å². The molecule has 0 radical (unpaired) electrons. The van der Waals surface area contributed by atoms with Gasteiger partial charge in [0, 0.05) is 18.3 Å². The summed E-state index contributed by atoms with van der Waals surface area (Å²) in [5.74, 6) is -0.0187. The van der Waals surface area contributed by atoms with Crippen LogP contribution in [0, 0.1) is 5.92 Å². The highest BCUT2D eigenvalue weighted by Gasteiger charge is 2.26. The summed E-state index contributed by atoms with van der Waals surface area (Å²) < 4.78 is 25.8. The third-order valence-corrected chi connectivity index (χ3v) is 7.46. The van der Waals surface area contributed by atoms with Crippen molar-refractivity contribution in [2.75, 3.05) is 23.1 Å². The normalized spacial score (nSPS) is 14.6. The highest BCUT2D eigenvalue weighted by molar-refractivity contribution is 8.00. The number of thiazole rings is 1. The number of carbonyl (C=O) groups excluding carboxylic acids is 2. The van der Waals surface area contributed by atoms with Crippen molar-refractivity contribution in [3.63, 3.8) is 0 Å². The lowest BCUT2D eigenvalue weighted by Gasteiger charge is -2.13. The molecule has 9 nitrogen and oxygen atoms in total. The summed E-state index contributed by atoms with van der Waals surface area (Å²) in [4.78, 5) is 33.6. The molecule has 0 unspecified atom stereocenters. The van der Waals surface area contributed by atoms with Crippen LogP contribution in [0.2, 0.25) is 0 Å². The number of pyridine rings is 1. The minimum absolute atomic E-state index is 0.00366. The zero-order valence-corrected chi connectivity index (χ0v) is 19.0. The van der Waals surface area contributed by atoms with E-state index < -0.39 is 16.1 Å². The van der Waals surface area contributed by atoms with Crippen molar-refractivity contribution in [2.45, 2.75) is 36.4 Å². The van der Waals surface area contributed by atoms with Crippen LogP contribution >= 0.6 is 23.1 Å². The van der Waals surface area contributed by atoms with Crippen molar-refractivity contribution in [1.29, 1.82) is 0 Å². The zero-order valence-electron chi connectivity index (χ0n) is 16.6. The lowest BCUT2D eigenvalue weighted by molar-refractivity contribution is 0.0923. The fourth-order valence-electron chi connectivity index (χ4n) is 3.22. The van der Waals surface area contributed by atoms with E-state index in [1.807, 2.05) is 6.26 Å². The van der Waals surface area contributed by atoms with Crippen LogP contribution in [-0.2, 0) is 16.6 Å². The molecule has 3 rings (SSSR count). The van der Waals surface area contributed by atoms with E-state index in [9.17, 15) is 18.0 Å². The van der Waals surface area contributed by atoms with Crippen molar-refractivity contribution in [2.24, 2.45) is 5.92 Å². The molecule has 30 heavy (non-hydrogen) atoms. The monoisotopic (exact) mass is 469 g/mol. The molecule has 0 bridgehead atoms. The first-order valence-corrected chi connectivity index (χ1v) is 13.2. The van der Waals surface area contributed by atoms with Crippen molar-refractivity contribution in [1.82, 2.24) is 14.7 Å². The molecule has 2 heterocycles. The average molecular weight is 470 g/mol. The average Bonchev–Trinajstić information content (AvgIpc) is 3.35. The Morgan fingerprint density at radius 2 is 2.00 bits per heavy atom. The van der Waals surface area contributed by atoms with Crippen LogP contribution in [0.25, 0.3) is 0 Å². The molecule has 0 spiro atoms. The predicted molar refractivity (Wildman–Crippen MR) is 119 cm³/mol. The number of nitrogens with one attached hydrogen (secondary N) is 3. The Balaban J connectivity index is 1.69. The number of amides is 2. The van der Waals surface area contributed by atoms with Gasteiger partial charge in [-0.2, -0.15) is 0 Å². The van der Waals surface area contributed by atoms with E-state index in [-0.39, 0.29) is 18.2 Å². The zero-order chi connectivity index (χ0) is 21.7. The number of thioether (sulfide) groups is 1. The summed E-state index contributed by atoms with van der Waals surface area (Å²) in [6.45, 7) is 0.0409. The number of sulfonamides is 1. The predicted octanol–water partition coefficient (Wildman–Crippen LogP) is 3.33. The number of aromatic nitrogens is 2. The van der Waals surface area contributed by atoms with E-state index in [1.165, 1.54) is 35.5 Å². The van der Waals surface area contributed by atoms with Gasteiger partial charge in [0.2, 0.25) is 10.0 Å².